The highest BCUT2D eigenvalue weighted by atomic mass is 19.1. The smallest absolute Gasteiger partial charge is 0.230 e. The number of amides is 1. The van der Waals surface area contributed by atoms with Gasteiger partial charge in [0.15, 0.2) is 5.82 Å². The molecule has 3 N–H and O–H groups in total. The molecule has 4 rings (SSSR count). The number of aryl methyl sites for hydroxylation is 1. The maximum atomic E-state index is 15.2. The molecule has 134 valence electrons. The van der Waals surface area contributed by atoms with Gasteiger partial charge in [-0.1, -0.05) is 24.3 Å². The lowest BCUT2D eigenvalue weighted by Crippen LogP contribution is -2.15. The molecular weight excluding hydrogens is 345 g/mol. The van der Waals surface area contributed by atoms with E-state index in [-0.39, 0.29) is 40.5 Å². The summed E-state index contributed by atoms with van der Waals surface area (Å²) < 4.78 is 15.2. The molecule has 7 heteroatoms. The average Bonchev–Trinajstić information content (AvgIpc) is 3.45. The van der Waals surface area contributed by atoms with Gasteiger partial charge in [-0.05, 0) is 25.0 Å². The van der Waals surface area contributed by atoms with Crippen LogP contribution >= 0.6 is 0 Å². The van der Waals surface area contributed by atoms with Crippen LogP contribution in [-0.4, -0.2) is 15.9 Å². The first-order chi connectivity index (χ1) is 13.0. The fourth-order valence-electron chi connectivity index (χ4n) is 3.13. The lowest BCUT2D eigenvalue weighted by molar-refractivity contribution is -0.117. The standard InChI is InChI=1S/C20H16FN5O/c1-10-4-2-3-5-12(10)18-17(21)14-7-16(24-9-15(14)19(23)26-18)25-20(27)13-6-11(13)8-22/h2-5,7,9,11,13H,6H2,1H3,(H2,23,26)(H,24,25,27)/t11-,13?/m0/s1. The van der Waals surface area contributed by atoms with Gasteiger partial charge < -0.3 is 11.1 Å². The summed E-state index contributed by atoms with van der Waals surface area (Å²) >= 11 is 0. The lowest BCUT2D eigenvalue weighted by Gasteiger charge is -2.12. The summed E-state index contributed by atoms with van der Waals surface area (Å²) in [6.07, 6.45) is 1.94. The number of anilines is 2. The molecule has 0 radical (unpaired) electrons. The molecule has 0 aliphatic heterocycles. The van der Waals surface area contributed by atoms with Gasteiger partial charge >= 0.3 is 0 Å². The van der Waals surface area contributed by atoms with Gasteiger partial charge in [-0.15, -0.1) is 0 Å². The molecule has 1 aliphatic rings. The van der Waals surface area contributed by atoms with Gasteiger partial charge in [0.25, 0.3) is 0 Å². The number of fused-ring (bicyclic) bond motifs is 1. The number of hydrogen-bond donors (Lipinski definition) is 2. The summed E-state index contributed by atoms with van der Waals surface area (Å²) in [5.74, 6) is -1.00. The summed E-state index contributed by atoms with van der Waals surface area (Å²) in [5, 5.41) is 12.1. The quantitative estimate of drug-likeness (QED) is 0.744. The van der Waals surface area contributed by atoms with Crippen molar-refractivity contribution >= 4 is 28.3 Å². The molecule has 2 heterocycles. The largest absolute Gasteiger partial charge is 0.383 e. The van der Waals surface area contributed by atoms with Crippen LogP contribution in [0.5, 0.6) is 0 Å². The number of nitrogens with one attached hydrogen (secondary N) is 1. The number of halogens is 1. The van der Waals surface area contributed by atoms with Crippen LogP contribution in [0.2, 0.25) is 0 Å². The number of rotatable bonds is 3. The monoisotopic (exact) mass is 361 g/mol. The van der Waals surface area contributed by atoms with Crippen LogP contribution in [0.25, 0.3) is 22.0 Å². The molecular formula is C20H16FN5O. The normalized spacial score (nSPS) is 18.1. The number of carbonyl (C=O) groups excluding carboxylic acids is 1. The number of nitrogen functional groups attached to an aromatic ring is 1. The zero-order valence-electron chi connectivity index (χ0n) is 14.5. The van der Waals surface area contributed by atoms with E-state index in [4.69, 9.17) is 11.0 Å². The first-order valence-corrected chi connectivity index (χ1v) is 8.50. The topological polar surface area (TPSA) is 105 Å². The zero-order chi connectivity index (χ0) is 19.1. The van der Waals surface area contributed by atoms with Crippen LogP contribution in [0.15, 0.2) is 36.5 Å². The van der Waals surface area contributed by atoms with E-state index in [0.29, 0.717) is 17.4 Å². The first kappa shape index (κ1) is 16.9. The first-order valence-electron chi connectivity index (χ1n) is 8.50. The van der Waals surface area contributed by atoms with Crippen molar-refractivity contribution in [2.75, 3.05) is 11.1 Å². The third kappa shape index (κ3) is 2.95. The molecule has 3 aromatic rings. The Balaban J connectivity index is 1.76. The van der Waals surface area contributed by atoms with E-state index in [9.17, 15) is 4.79 Å². The Kier molecular flexibility index (Phi) is 3.96. The number of aromatic nitrogens is 2. The molecule has 27 heavy (non-hydrogen) atoms. The molecule has 1 aliphatic carbocycles. The van der Waals surface area contributed by atoms with E-state index in [0.717, 1.165) is 5.56 Å². The summed E-state index contributed by atoms with van der Waals surface area (Å²) in [4.78, 5) is 20.5. The zero-order valence-corrected chi connectivity index (χ0v) is 14.5. The van der Waals surface area contributed by atoms with E-state index >= 15 is 4.39 Å². The molecule has 2 aromatic heterocycles. The van der Waals surface area contributed by atoms with Crippen LogP contribution in [0.1, 0.15) is 12.0 Å². The van der Waals surface area contributed by atoms with Gasteiger partial charge in [-0.2, -0.15) is 5.26 Å². The maximum absolute atomic E-state index is 15.2. The third-order valence-corrected chi connectivity index (χ3v) is 4.80. The van der Waals surface area contributed by atoms with E-state index in [1.807, 2.05) is 25.1 Å². The summed E-state index contributed by atoms with van der Waals surface area (Å²) in [6.45, 7) is 1.87. The Bertz CT molecular complexity index is 1120. The maximum Gasteiger partial charge on any atom is 0.230 e. The average molecular weight is 361 g/mol. The van der Waals surface area contributed by atoms with Crippen molar-refractivity contribution in [1.29, 1.82) is 5.26 Å². The Morgan fingerprint density at radius 1 is 1.37 bits per heavy atom. The van der Waals surface area contributed by atoms with Crippen LogP contribution in [0, 0.1) is 35.9 Å². The van der Waals surface area contributed by atoms with Crippen molar-refractivity contribution in [3.8, 4) is 17.3 Å². The third-order valence-electron chi connectivity index (χ3n) is 4.80. The van der Waals surface area contributed by atoms with Gasteiger partial charge in [-0.25, -0.2) is 14.4 Å². The summed E-state index contributed by atoms with van der Waals surface area (Å²) in [6, 6.07) is 10.8. The number of carbonyl (C=O) groups is 1. The Hall–Kier alpha value is -3.53. The highest BCUT2D eigenvalue weighted by molar-refractivity contribution is 5.99. The number of nitrogens with two attached hydrogens (primary N) is 1. The minimum absolute atomic E-state index is 0.160. The van der Waals surface area contributed by atoms with Gasteiger partial charge in [0.05, 0.1) is 17.9 Å². The van der Waals surface area contributed by atoms with Gasteiger partial charge in [0, 0.05) is 22.5 Å². The van der Waals surface area contributed by atoms with Crippen molar-refractivity contribution in [3.05, 3.63) is 47.9 Å². The second-order valence-corrected chi connectivity index (χ2v) is 6.66. The van der Waals surface area contributed by atoms with Crippen molar-refractivity contribution in [1.82, 2.24) is 9.97 Å². The molecule has 1 aromatic carbocycles. The molecule has 1 fully saturated rings. The van der Waals surface area contributed by atoms with Crippen LogP contribution in [0.3, 0.4) is 0 Å². The second kappa shape index (κ2) is 6.32. The predicted octanol–water partition coefficient (Wildman–Crippen LogP) is 3.42. The number of benzene rings is 1. The van der Waals surface area contributed by atoms with E-state index in [1.54, 1.807) is 6.07 Å². The highest BCUT2D eigenvalue weighted by Gasteiger charge is 2.43. The molecule has 1 unspecified atom stereocenters. The summed E-state index contributed by atoms with van der Waals surface area (Å²) in [5.41, 5.74) is 7.71. The second-order valence-electron chi connectivity index (χ2n) is 6.66. The Morgan fingerprint density at radius 3 is 2.85 bits per heavy atom. The van der Waals surface area contributed by atoms with Crippen LogP contribution in [-0.2, 0) is 4.79 Å². The molecule has 0 saturated heterocycles. The number of pyridine rings is 2. The van der Waals surface area contributed by atoms with Crippen LogP contribution in [0.4, 0.5) is 16.0 Å². The van der Waals surface area contributed by atoms with Gasteiger partial charge in [-0.3, -0.25) is 4.79 Å². The SMILES string of the molecule is Cc1ccccc1-c1nc(N)c2cnc(NC(=O)C3C[C@H]3C#N)cc2c1F. The molecule has 1 saturated carbocycles. The van der Waals surface area contributed by atoms with E-state index in [1.165, 1.54) is 12.3 Å². The number of nitriles is 1. The van der Waals surface area contributed by atoms with Crippen molar-refractivity contribution in [3.63, 3.8) is 0 Å². The Labute approximate surface area is 154 Å². The molecule has 0 spiro atoms. The van der Waals surface area contributed by atoms with Gasteiger partial charge in [0.2, 0.25) is 5.91 Å². The minimum atomic E-state index is -0.521. The van der Waals surface area contributed by atoms with E-state index < -0.39 is 5.82 Å². The number of nitrogens with zero attached hydrogens (tertiary/aromatic N) is 3. The predicted molar refractivity (Wildman–Crippen MR) is 99.9 cm³/mol. The fraction of sp³-hybridized carbons (Fsp3) is 0.200. The Morgan fingerprint density at radius 2 is 2.15 bits per heavy atom. The molecule has 2 atom stereocenters. The number of hydrogen-bond acceptors (Lipinski definition) is 5. The fourth-order valence-corrected chi connectivity index (χ4v) is 3.13. The van der Waals surface area contributed by atoms with E-state index in [2.05, 4.69) is 21.4 Å². The summed E-state index contributed by atoms with van der Waals surface area (Å²) in [7, 11) is 0. The van der Waals surface area contributed by atoms with Gasteiger partial charge in [0.1, 0.15) is 17.3 Å². The van der Waals surface area contributed by atoms with Crippen molar-refractivity contribution in [2.24, 2.45) is 11.8 Å². The minimum Gasteiger partial charge on any atom is -0.383 e. The lowest BCUT2D eigenvalue weighted by atomic mass is 10.0. The highest BCUT2D eigenvalue weighted by Crippen LogP contribution is 2.38. The van der Waals surface area contributed by atoms with Crippen molar-refractivity contribution in [2.45, 2.75) is 13.3 Å². The molecule has 0 bridgehead atoms. The van der Waals surface area contributed by atoms with Crippen molar-refractivity contribution < 1.29 is 9.18 Å². The molecule has 1 amide bonds. The molecule has 6 nitrogen and oxygen atoms in total. The van der Waals surface area contributed by atoms with Crippen LogP contribution < -0.4 is 11.1 Å².